The van der Waals surface area contributed by atoms with Crippen molar-refractivity contribution < 1.29 is 19.0 Å². The summed E-state index contributed by atoms with van der Waals surface area (Å²) in [6, 6.07) is 23.0. The van der Waals surface area contributed by atoms with Gasteiger partial charge in [0.1, 0.15) is 12.4 Å². The molecule has 0 unspecified atom stereocenters. The maximum atomic E-state index is 12.2. The predicted molar refractivity (Wildman–Crippen MR) is 109 cm³/mol. The second kappa shape index (κ2) is 8.71. The normalized spacial score (nSPS) is 11.9. The van der Waals surface area contributed by atoms with E-state index in [-0.39, 0.29) is 12.7 Å². The van der Waals surface area contributed by atoms with Gasteiger partial charge < -0.3 is 19.5 Å². The molecule has 5 nitrogen and oxygen atoms in total. The van der Waals surface area contributed by atoms with E-state index in [1.54, 1.807) is 0 Å². The molecule has 0 saturated heterocycles. The van der Waals surface area contributed by atoms with Crippen LogP contribution >= 0.6 is 11.8 Å². The van der Waals surface area contributed by atoms with Crippen LogP contribution in [0.25, 0.3) is 0 Å². The van der Waals surface area contributed by atoms with Gasteiger partial charge in [0.15, 0.2) is 11.5 Å². The van der Waals surface area contributed by atoms with Crippen molar-refractivity contribution in [1.29, 1.82) is 0 Å². The monoisotopic (exact) mass is 393 g/mol. The minimum absolute atomic E-state index is 0.0392. The maximum absolute atomic E-state index is 12.2. The molecule has 3 aromatic rings. The standard InChI is InChI=1S/C22H19NO4S/c24-22(14-28-19-7-2-1-3-8-19)23-17-6-4-5-16(11-17)13-25-18-9-10-20-21(12-18)27-15-26-20/h1-12H,13-15H2,(H,23,24). The van der Waals surface area contributed by atoms with Crippen LogP contribution < -0.4 is 19.5 Å². The van der Waals surface area contributed by atoms with Gasteiger partial charge in [-0.25, -0.2) is 0 Å². The quantitative estimate of drug-likeness (QED) is 0.589. The lowest BCUT2D eigenvalue weighted by Crippen LogP contribution is -2.14. The first-order valence-corrected chi connectivity index (χ1v) is 9.84. The zero-order valence-corrected chi connectivity index (χ0v) is 15.9. The number of hydrogen-bond donors (Lipinski definition) is 1. The van der Waals surface area contributed by atoms with Crippen LogP contribution in [0.3, 0.4) is 0 Å². The van der Waals surface area contributed by atoms with Gasteiger partial charge in [0.05, 0.1) is 5.75 Å². The zero-order chi connectivity index (χ0) is 19.2. The number of fused-ring (bicyclic) bond motifs is 1. The summed E-state index contributed by atoms with van der Waals surface area (Å²) in [7, 11) is 0. The summed E-state index contributed by atoms with van der Waals surface area (Å²) in [6.07, 6.45) is 0. The molecule has 1 heterocycles. The van der Waals surface area contributed by atoms with E-state index in [1.807, 2.05) is 72.8 Å². The van der Waals surface area contributed by atoms with E-state index in [9.17, 15) is 4.79 Å². The molecule has 0 bridgehead atoms. The molecule has 0 saturated carbocycles. The average Bonchev–Trinajstić information content (AvgIpc) is 3.20. The molecule has 0 atom stereocenters. The number of amides is 1. The Kier molecular flexibility index (Phi) is 5.68. The Hall–Kier alpha value is -3.12. The lowest BCUT2D eigenvalue weighted by Gasteiger charge is -2.10. The fourth-order valence-electron chi connectivity index (χ4n) is 2.73. The molecule has 28 heavy (non-hydrogen) atoms. The van der Waals surface area contributed by atoms with Crippen molar-refractivity contribution in [1.82, 2.24) is 0 Å². The summed E-state index contributed by atoms with van der Waals surface area (Å²) in [5.74, 6) is 2.45. The Morgan fingerprint density at radius 1 is 0.964 bits per heavy atom. The summed E-state index contributed by atoms with van der Waals surface area (Å²) >= 11 is 1.51. The van der Waals surface area contributed by atoms with E-state index in [0.717, 1.165) is 21.9 Å². The maximum Gasteiger partial charge on any atom is 0.234 e. The van der Waals surface area contributed by atoms with Gasteiger partial charge in [-0.3, -0.25) is 4.79 Å². The predicted octanol–water partition coefficient (Wildman–Crippen LogP) is 4.73. The van der Waals surface area contributed by atoms with Crippen LogP contribution in [0.4, 0.5) is 5.69 Å². The van der Waals surface area contributed by atoms with Crippen molar-refractivity contribution >= 4 is 23.4 Å². The van der Waals surface area contributed by atoms with E-state index in [0.29, 0.717) is 23.9 Å². The van der Waals surface area contributed by atoms with Crippen LogP contribution in [0.5, 0.6) is 17.2 Å². The number of nitrogens with one attached hydrogen (secondary N) is 1. The van der Waals surface area contributed by atoms with Crippen LogP contribution in [-0.4, -0.2) is 18.5 Å². The van der Waals surface area contributed by atoms with Crippen LogP contribution in [0.2, 0.25) is 0 Å². The van der Waals surface area contributed by atoms with Crippen molar-refractivity contribution in [2.45, 2.75) is 11.5 Å². The first-order chi connectivity index (χ1) is 13.8. The third kappa shape index (κ3) is 4.78. The highest BCUT2D eigenvalue weighted by atomic mass is 32.2. The summed E-state index contributed by atoms with van der Waals surface area (Å²) in [6.45, 7) is 0.630. The third-order valence-electron chi connectivity index (χ3n) is 4.07. The highest BCUT2D eigenvalue weighted by molar-refractivity contribution is 8.00. The Labute approximate surface area is 167 Å². The van der Waals surface area contributed by atoms with E-state index >= 15 is 0 Å². The molecule has 3 aromatic carbocycles. The van der Waals surface area contributed by atoms with Crippen molar-refractivity contribution in [3.63, 3.8) is 0 Å². The van der Waals surface area contributed by atoms with E-state index < -0.39 is 0 Å². The Morgan fingerprint density at radius 2 is 1.82 bits per heavy atom. The lowest BCUT2D eigenvalue weighted by molar-refractivity contribution is -0.113. The summed E-state index contributed by atoms with van der Waals surface area (Å²) in [5, 5.41) is 2.93. The first-order valence-electron chi connectivity index (χ1n) is 8.85. The Morgan fingerprint density at radius 3 is 2.71 bits per heavy atom. The molecule has 1 N–H and O–H groups in total. The van der Waals surface area contributed by atoms with Crippen molar-refractivity contribution in [3.05, 3.63) is 78.4 Å². The van der Waals surface area contributed by atoms with Gasteiger partial charge in [0.2, 0.25) is 12.7 Å². The van der Waals surface area contributed by atoms with Crippen LogP contribution in [-0.2, 0) is 11.4 Å². The molecule has 0 fully saturated rings. The third-order valence-corrected chi connectivity index (χ3v) is 5.09. The molecule has 142 valence electrons. The number of benzene rings is 3. The van der Waals surface area contributed by atoms with Gasteiger partial charge in [0.25, 0.3) is 0 Å². The van der Waals surface area contributed by atoms with Crippen LogP contribution in [0.1, 0.15) is 5.56 Å². The fourth-order valence-corrected chi connectivity index (χ4v) is 3.45. The number of hydrogen-bond acceptors (Lipinski definition) is 5. The van der Waals surface area contributed by atoms with E-state index in [2.05, 4.69) is 5.32 Å². The second-order valence-corrected chi connectivity index (χ2v) is 7.20. The highest BCUT2D eigenvalue weighted by Crippen LogP contribution is 2.35. The van der Waals surface area contributed by atoms with Gasteiger partial charge in [-0.15, -0.1) is 11.8 Å². The Balaban J connectivity index is 1.30. The van der Waals surface area contributed by atoms with Crippen molar-refractivity contribution in [3.8, 4) is 17.2 Å². The van der Waals surface area contributed by atoms with Crippen molar-refractivity contribution in [2.24, 2.45) is 0 Å². The summed E-state index contributed by atoms with van der Waals surface area (Å²) < 4.78 is 16.5. The topological polar surface area (TPSA) is 56.8 Å². The summed E-state index contributed by atoms with van der Waals surface area (Å²) in [5.41, 5.74) is 1.72. The molecule has 0 aliphatic carbocycles. The molecule has 0 spiro atoms. The highest BCUT2D eigenvalue weighted by Gasteiger charge is 2.13. The van der Waals surface area contributed by atoms with E-state index in [4.69, 9.17) is 14.2 Å². The summed E-state index contributed by atoms with van der Waals surface area (Å²) in [4.78, 5) is 13.3. The number of ether oxygens (including phenoxy) is 3. The van der Waals surface area contributed by atoms with Gasteiger partial charge >= 0.3 is 0 Å². The van der Waals surface area contributed by atoms with Gasteiger partial charge in [-0.1, -0.05) is 30.3 Å². The smallest absolute Gasteiger partial charge is 0.234 e. The average molecular weight is 393 g/mol. The SMILES string of the molecule is O=C(CSc1ccccc1)Nc1cccc(COc2ccc3c(c2)OCO3)c1. The number of carbonyl (C=O) groups excluding carboxylic acids is 1. The van der Waals surface area contributed by atoms with Crippen molar-refractivity contribution in [2.75, 3.05) is 17.9 Å². The fraction of sp³-hybridized carbons (Fsp3) is 0.136. The zero-order valence-electron chi connectivity index (χ0n) is 15.1. The lowest BCUT2D eigenvalue weighted by atomic mass is 10.2. The van der Waals surface area contributed by atoms with Crippen LogP contribution in [0.15, 0.2) is 77.7 Å². The second-order valence-electron chi connectivity index (χ2n) is 6.15. The minimum atomic E-state index is -0.0392. The van der Waals surface area contributed by atoms with Gasteiger partial charge in [0, 0.05) is 16.6 Å². The molecular weight excluding hydrogens is 374 g/mol. The molecule has 1 aliphatic heterocycles. The van der Waals surface area contributed by atoms with Gasteiger partial charge in [-0.05, 0) is 42.0 Å². The molecule has 1 amide bonds. The number of anilines is 1. The molecular formula is C22H19NO4S. The molecule has 0 aromatic heterocycles. The van der Waals surface area contributed by atoms with Crippen LogP contribution in [0, 0.1) is 0 Å². The van der Waals surface area contributed by atoms with Gasteiger partial charge in [-0.2, -0.15) is 0 Å². The first kappa shape index (κ1) is 18.3. The number of rotatable bonds is 7. The molecule has 6 heteroatoms. The Bertz CT molecular complexity index is 962. The minimum Gasteiger partial charge on any atom is -0.489 e. The molecule has 1 aliphatic rings. The number of carbonyl (C=O) groups is 1. The molecule has 0 radical (unpaired) electrons. The molecule has 4 rings (SSSR count). The number of thioether (sulfide) groups is 1. The van der Waals surface area contributed by atoms with E-state index in [1.165, 1.54) is 11.8 Å². The largest absolute Gasteiger partial charge is 0.489 e.